The van der Waals surface area contributed by atoms with Gasteiger partial charge >= 0.3 is 0 Å². The molecule has 0 spiro atoms. The number of hydrogen-bond donors (Lipinski definition) is 0. The molecule has 182 valence electrons. The lowest BCUT2D eigenvalue weighted by atomic mass is 9.73. The van der Waals surface area contributed by atoms with E-state index in [1.165, 1.54) is 69.9 Å². The maximum Gasteiger partial charge on any atom is 0.0619 e. The number of thiophene rings is 1. The number of anilines is 3. The summed E-state index contributed by atoms with van der Waals surface area (Å²) < 4.78 is 3.82. The van der Waals surface area contributed by atoms with Gasteiger partial charge in [0.05, 0.1) is 17.1 Å². The van der Waals surface area contributed by atoms with Crippen LogP contribution in [0, 0.1) is 0 Å². The van der Waals surface area contributed by atoms with Crippen molar-refractivity contribution in [3.8, 4) is 0 Å². The fraction of sp³-hybridized carbons (Fsp3) is 0.0857. The van der Waals surface area contributed by atoms with Crippen molar-refractivity contribution in [2.24, 2.45) is 0 Å². The van der Waals surface area contributed by atoms with Crippen LogP contribution in [0.1, 0.15) is 25.0 Å². The van der Waals surface area contributed by atoms with Gasteiger partial charge in [0, 0.05) is 40.8 Å². The summed E-state index contributed by atoms with van der Waals surface area (Å²) in [5.74, 6) is 0. The fourth-order valence-corrected chi connectivity index (χ4v) is 8.26. The van der Waals surface area contributed by atoms with E-state index in [2.05, 4.69) is 144 Å². The third-order valence-corrected chi connectivity index (χ3v) is 10.3. The lowest BCUT2D eigenvalue weighted by Gasteiger charge is -2.43. The number of nitrogens with zero attached hydrogens (tertiary/aromatic N) is 1. The lowest BCUT2D eigenvalue weighted by Crippen LogP contribution is -2.30. The SMILES string of the molecule is CC1(C)c2ccccc2N(c2c3ccccc3c(Br)c3ccccc23)c2cc3sc4ccccc4c3cc21. The Kier molecular flexibility index (Phi) is 4.66. The van der Waals surface area contributed by atoms with Crippen LogP contribution in [0.3, 0.4) is 0 Å². The summed E-state index contributed by atoms with van der Waals surface area (Å²) in [5, 5.41) is 7.64. The van der Waals surface area contributed by atoms with E-state index in [9.17, 15) is 0 Å². The van der Waals surface area contributed by atoms with E-state index in [1.54, 1.807) is 0 Å². The van der Waals surface area contributed by atoms with Crippen LogP contribution in [0.25, 0.3) is 41.7 Å². The molecule has 0 aliphatic carbocycles. The minimum Gasteiger partial charge on any atom is -0.309 e. The molecule has 3 heteroatoms. The predicted octanol–water partition coefficient (Wildman–Crippen LogP) is 11.2. The van der Waals surface area contributed by atoms with Gasteiger partial charge in [-0.05, 0) is 62.1 Å². The van der Waals surface area contributed by atoms with Gasteiger partial charge in [0.2, 0.25) is 0 Å². The van der Waals surface area contributed by atoms with Gasteiger partial charge < -0.3 is 4.90 Å². The molecule has 0 unspecified atom stereocenters. The lowest BCUT2D eigenvalue weighted by molar-refractivity contribution is 0.633. The van der Waals surface area contributed by atoms with Crippen LogP contribution in [-0.4, -0.2) is 0 Å². The molecule has 0 fully saturated rings. The molecule has 0 atom stereocenters. The van der Waals surface area contributed by atoms with Crippen molar-refractivity contribution in [3.63, 3.8) is 0 Å². The first-order chi connectivity index (χ1) is 18.5. The Bertz CT molecular complexity index is 2030. The Balaban J connectivity index is 1.57. The molecule has 6 aromatic carbocycles. The number of halogens is 1. The molecule has 8 rings (SSSR count). The number of benzene rings is 6. The highest BCUT2D eigenvalue weighted by Gasteiger charge is 2.38. The molecule has 0 saturated heterocycles. The largest absolute Gasteiger partial charge is 0.309 e. The van der Waals surface area contributed by atoms with Gasteiger partial charge in [0.1, 0.15) is 0 Å². The zero-order chi connectivity index (χ0) is 25.6. The van der Waals surface area contributed by atoms with Gasteiger partial charge in [-0.1, -0.05) is 98.8 Å². The number of hydrogen-bond acceptors (Lipinski definition) is 2. The second-order valence-corrected chi connectivity index (χ2v) is 12.6. The van der Waals surface area contributed by atoms with Crippen molar-refractivity contribution < 1.29 is 0 Å². The van der Waals surface area contributed by atoms with Gasteiger partial charge in [-0.3, -0.25) is 0 Å². The Morgan fingerprint density at radius 3 is 1.84 bits per heavy atom. The minimum atomic E-state index is -0.138. The zero-order valence-corrected chi connectivity index (χ0v) is 23.5. The van der Waals surface area contributed by atoms with E-state index in [0.29, 0.717) is 0 Å². The summed E-state index contributed by atoms with van der Waals surface area (Å²) >= 11 is 5.85. The van der Waals surface area contributed by atoms with Crippen molar-refractivity contribution >= 4 is 86.0 Å². The molecular formula is C35H24BrNS. The van der Waals surface area contributed by atoms with Gasteiger partial charge in [0.15, 0.2) is 0 Å². The molecule has 1 aromatic heterocycles. The van der Waals surface area contributed by atoms with Gasteiger partial charge in [-0.25, -0.2) is 0 Å². The van der Waals surface area contributed by atoms with Crippen LogP contribution >= 0.6 is 27.3 Å². The average Bonchev–Trinajstić information content (AvgIpc) is 3.32. The normalized spacial score (nSPS) is 14.3. The highest BCUT2D eigenvalue weighted by molar-refractivity contribution is 9.10. The number of para-hydroxylation sites is 1. The summed E-state index contributed by atoms with van der Waals surface area (Å²) in [6, 6.07) is 40.2. The number of fused-ring (bicyclic) bond motifs is 7. The Morgan fingerprint density at radius 1 is 0.553 bits per heavy atom. The molecule has 0 radical (unpaired) electrons. The van der Waals surface area contributed by atoms with E-state index < -0.39 is 0 Å². The van der Waals surface area contributed by atoms with Crippen LogP contribution in [-0.2, 0) is 5.41 Å². The Hall–Kier alpha value is -3.66. The highest BCUT2D eigenvalue weighted by atomic mass is 79.9. The molecule has 0 saturated carbocycles. The summed E-state index contributed by atoms with van der Waals surface area (Å²) in [4.78, 5) is 2.54. The van der Waals surface area contributed by atoms with E-state index in [0.717, 1.165) is 4.47 Å². The summed E-state index contributed by atoms with van der Waals surface area (Å²) in [6.07, 6.45) is 0. The summed E-state index contributed by atoms with van der Waals surface area (Å²) in [7, 11) is 0. The molecule has 7 aromatic rings. The van der Waals surface area contributed by atoms with Crippen molar-refractivity contribution in [3.05, 3.63) is 125 Å². The first-order valence-electron chi connectivity index (χ1n) is 13.0. The summed E-state index contributed by atoms with van der Waals surface area (Å²) in [5.41, 5.74) is 6.34. The first-order valence-corrected chi connectivity index (χ1v) is 14.6. The standard InChI is InChI=1S/C35H24BrNS/c1-35(2)27-16-8-9-17-29(27)37(30-20-32-26(19-28(30)35)21-11-7-10-18-31(21)38-32)34-24-14-5-3-12-22(24)33(36)23-13-4-6-15-25(23)34/h3-20H,1-2H3. The Labute approximate surface area is 234 Å². The van der Waals surface area contributed by atoms with Crippen LogP contribution in [0.4, 0.5) is 17.1 Å². The first kappa shape index (κ1) is 22.3. The van der Waals surface area contributed by atoms with E-state index in [4.69, 9.17) is 0 Å². The van der Waals surface area contributed by atoms with Crippen LogP contribution < -0.4 is 4.90 Å². The maximum atomic E-state index is 3.96. The quantitative estimate of drug-likeness (QED) is 0.178. The van der Waals surface area contributed by atoms with E-state index in [-0.39, 0.29) is 5.41 Å². The monoisotopic (exact) mass is 569 g/mol. The highest BCUT2D eigenvalue weighted by Crippen LogP contribution is 2.56. The molecule has 1 nitrogen and oxygen atoms in total. The van der Waals surface area contributed by atoms with Crippen molar-refractivity contribution in [2.75, 3.05) is 4.90 Å². The van der Waals surface area contributed by atoms with E-state index >= 15 is 0 Å². The smallest absolute Gasteiger partial charge is 0.0619 e. The average molecular weight is 571 g/mol. The molecule has 0 bridgehead atoms. The van der Waals surface area contributed by atoms with Gasteiger partial charge in [-0.2, -0.15) is 0 Å². The second-order valence-electron chi connectivity index (χ2n) is 10.7. The van der Waals surface area contributed by atoms with Gasteiger partial charge in [0.25, 0.3) is 0 Å². The molecule has 1 aliphatic heterocycles. The van der Waals surface area contributed by atoms with Crippen LogP contribution in [0.2, 0.25) is 0 Å². The topological polar surface area (TPSA) is 3.24 Å². The Morgan fingerprint density at radius 2 is 1.13 bits per heavy atom. The molecule has 38 heavy (non-hydrogen) atoms. The summed E-state index contributed by atoms with van der Waals surface area (Å²) in [6.45, 7) is 4.75. The third kappa shape index (κ3) is 2.92. The molecule has 1 aliphatic rings. The zero-order valence-electron chi connectivity index (χ0n) is 21.1. The molecule has 0 amide bonds. The van der Waals surface area contributed by atoms with Crippen LogP contribution in [0.15, 0.2) is 114 Å². The molecule has 0 N–H and O–H groups in total. The van der Waals surface area contributed by atoms with Crippen molar-refractivity contribution in [1.29, 1.82) is 0 Å². The molecular weight excluding hydrogens is 546 g/mol. The number of rotatable bonds is 1. The maximum absolute atomic E-state index is 3.96. The minimum absolute atomic E-state index is 0.138. The van der Waals surface area contributed by atoms with E-state index in [1.807, 2.05) is 11.3 Å². The second kappa shape index (κ2) is 7.92. The molecule has 2 heterocycles. The third-order valence-electron chi connectivity index (χ3n) is 8.29. The predicted molar refractivity (Wildman–Crippen MR) is 169 cm³/mol. The fourth-order valence-electron chi connectivity index (χ4n) is 6.45. The van der Waals surface area contributed by atoms with Crippen molar-refractivity contribution in [2.45, 2.75) is 19.3 Å². The van der Waals surface area contributed by atoms with Crippen LogP contribution in [0.5, 0.6) is 0 Å². The van der Waals surface area contributed by atoms with Crippen molar-refractivity contribution in [1.82, 2.24) is 0 Å². The van der Waals surface area contributed by atoms with Gasteiger partial charge in [-0.15, -0.1) is 11.3 Å².